The summed E-state index contributed by atoms with van der Waals surface area (Å²) in [5.74, 6) is -1.01. The summed E-state index contributed by atoms with van der Waals surface area (Å²) in [4.78, 5) is 16.7. The van der Waals surface area contributed by atoms with Gasteiger partial charge in [0.05, 0.1) is 0 Å². The second kappa shape index (κ2) is 5.52. The fraction of sp³-hybridized carbons (Fsp3) is 0.200. The molecule has 1 aromatic carbocycles. The number of anilines is 1. The normalized spacial score (nSPS) is 10.2. The molecule has 98 valence electrons. The van der Waals surface area contributed by atoms with Gasteiger partial charge in [-0.2, -0.15) is 0 Å². The quantitative estimate of drug-likeness (QED) is 0.913. The average molecular weight is 256 g/mol. The Morgan fingerprint density at radius 3 is 2.74 bits per heavy atom. The maximum absolute atomic E-state index is 10.9. The van der Waals surface area contributed by atoms with Crippen LogP contribution in [0.15, 0.2) is 42.6 Å². The lowest BCUT2D eigenvalue weighted by molar-refractivity contribution is 0.0690. The first-order chi connectivity index (χ1) is 9.08. The first-order valence-corrected chi connectivity index (χ1v) is 6.03. The molecule has 0 saturated heterocycles. The van der Waals surface area contributed by atoms with E-state index in [2.05, 4.69) is 24.0 Å². The minimum atomic E-state index is -1.01. The van der Waals surface area contributed by atoms with Crippen molar-refractivity contribution >= 4 is 11.7 Å². The first-order valence-electron chi connectivity index (χ1n) is 6.03. The molecule has 1 heterocycles. The monoisotopic (exact) mass is 256 g/mol. The zero-order chi connectivity index (χ0) is 13.8. The highest BCUT2D eigenvalue weighted by molar-refractivity contribution is 5.86. The van der Waals surface area contributed by atoms with Crippen LogP contribution in [0.25, 0.3) is 0 Å². The molecule has 0 radical (unpaired) electrons. The lowest BCUT2D eigenvalue weighted by Crippen LogP contribution is -2.17. The van der Waals surface area contributed by atoms with E-state index in [0.29, 0.717) is 0 Å². The second-order valence-corrected chi connectivity index (χ2v) is 4.49. The van der Waals surface area contributed by atoms with Gasteiger partial charge in [0.1, 0.15) is 5.69 Å². The second-order valence-electron chi connectivity index (χ2n) is 4.49. The van der Waals surface area contributed by atoms with Gasteiger partial charge in [0.2, 0.25) is 0 Å². The van der Waals surface area contributed by atoms with Gasteiger partial charge in [-0.3, -0.25) is 0 Å². The van der Waals surface area contributed by atoms with E-state index in [9.17, 15) is 4.79 Å². The van der Waals surface area contributed by atoms with Crippen LogP contribution in [0.1, 0.15) is 21.6 Å². The van der Waals surface area contributed by atoms with Gasteiger partial charge in [0.25, 0.3) is 0 Å². The third-order valence-electron chi connectivity index (χ3n) is 3.07. The number of aromatic carboxylic acids is 1. The molecule has 2 aromatic rings. The third-order valence-corrected chi connectivity index (χ3v) is 3.07. The summed E-state index contributed by atoms with van der Waals surface area (Å²) in [5.41, 5.74) is 3.35. The number of nitrogens with zero attached hydrogens (tertiary/aromatic N) is 2. The van der Waals surface area contributed by atoms with Crippen LogP contribution < -0.4 is 4.90 Å². The fourth-order valence-electron chi connectivity index (χ4n) is 1.91. The minimum absolute atomic E-state index is 0.0640. The van der Waals surface area contributed by atoms with Crippen LogP contribution in [-0.2, 0) is 6.54 Å². The molecule has 4 heteroatoms. The van der Waals surface area contributed by atoms with Gasteiger partial charge in [-0.25, -0.2) is 9.78 Å². The molecule has 2 rings (SSSR count). The van der Waals surface area contributed by atoms with Crippen molar-refractivity contribution in [1.82, 2.24) is 4.98 Å². The Labute approximate surface area is 112 Å². The van der Waals surface area contributed by atoms with Crippen molar-refractivity contribution in [2.45, 2.75) is 13.5 Å². The highest BCUT2D eigenvalue weighted by Crippen LogP contribution is 2.17. The Balaban J connectivity index is 2.20. The average Bonchev–Trinajstić information content (AvgIpc) is 2.41. The highest BCUT2D eigenvalue weighted by atomic mass is 16.4. The molecule has 0 aliphatic rings. The van der Waals surface area contributed by atoms with Gasteiger partial charge in [0.15, 0.2) is 0 Å². The molecule has 1 N–H and O–H groups in total. The van der Waals surface area contributed by atoms with Gasteiger partial charge in [0, 0.05) is 25.5 Å². The van der Waals surface area contributed by atoms with Crippen LogP contribution in [0.5, 0.6) is 0 Å². The summed E-state index contributed by atoms with van der Waals surface area (Å²) in [6, 6.07) is 11.5. The van der Waals surface area contributed by atoms with Crippen molar-refractivity contribution in [3.63, 3.8) is 0 Å². The van der Waals surface area contributed by atoms with Crippen molar-refractivity contribution in [2.24, 2.45) is 0 Å². The SMILES string of the molecule is Cc1ccccc1CN(C)c1ccnc(C(=O)O)c1. The van der Waals surface area contributed by atoms with Crippen LogP contribution in [0.4, 0.5) is 5.69 Å². The number of benzene rings is 1. The number of aryl methyl sites for hydroxylation is 1. The van der Waals surface area contributed by atoms with E-state index in [-0.39, 0.29) is 5.69 Å². The van der Waals surface area contributed by atoms with Gasteiger partial charge in [-0.15, -0.1) is 0 Å². The molecule has 0 aliphatic heterocycles. The standard InChI is InChI=1S/C15H16N2O2/c1-11-5-3-4-6-12(11)10-17(2)13-7-8-16-14(9-13)15(18)19/h3-9H,10H2,1-2H3,(H,18,19). The summed E-state index contributed by atoms with van der Waals surface area (Å²) in [6.07, 6.45) is 1.52. The Morgan fingerprint density at radius 2 is 2.05 bits per heavy atom. The van der Waals surface area contributed by atoms with Crippen molar-refractivity contribution < 1.29 is 9.90 Å². The van der Waals surface area contributed by atoms with E-state index >= 15 is 0 Å². The highest BCUT2D eigenvalue weighted by Gasteiger charge is 2.08. The molecule has 0 aliphatic carbocycles. The van der Waals surface area contributed by atoms with Crippen LogP contribution in [0.2, 0.25) is 0 Å². The number of carboxylic acids is 1. The van der Waals surface area contributed by atoms with Crippen molar-refractivity contribution in [3.8, 4) is 0 Å². The van der Waals surface area contributed by atoms with Crippen molar-refractivity contribution in [2.75, 3.05) is 11.9 Å². The van der Waals surface area contributed by atoms with E-state index < -0.39 is 5.97 Å². The largest absolute Gasteiger partial charge is 0.477 e. The molecule has 0 amide bonds. The molecule has 19 heavy (non-hydrogen) atoms. The zero-order valence-corrected chi connectivity index (χ0v) is 11.0. The molecule has 0 spiro atoms. The molecule has 0 saturated carbocycles. The Bertz CT molecular complexity index is 596. The third kappa shape index (κ3) is 3.10. The smallest absolute Gasteiger partial charge is 0.354 e. The van der Waals surface area contributed by atoms with Gasteiger partial charge < -0.3 is 10.0 Å². The maximum atomic E-state index is 10.9. The summed E-state index contributed by atoms with van der Waals surface area (Å²) < 4.78 is 0. The molecule has 0 bridgehead atoms. The number of carbonyl (C=O) groups is 1. The molecular weight excluding hydrogens is 240 g/mol. The van der Waals surface area contributed by atoms with Crippen LogP contribution >= 0.6 is 0 Å². The summed E-state index contributed by atoms with van der Waals surface area (Å²) in [5, 5.41) is 8.94. The molecule has 0 unspecified atom stereocenters. The zero-order valence-electron chi connectivity index (χ0n) is 11.0. The Hall–Kier alpha value is -2.36. The van der Waals surface area contributed by atoms with Crippen LogP contribution in [-0.4, -0.2) is 23.1 Å². The minimum Gasteiger partial charge on any atom is -0.477 e. The number of hydrogen-bond acceptors (Lipinski definition) is 3. The van der Waals surface area contributed by atoms with E-state index in [4.69, 9.17) is 5.11 Å². The first kappa shape index (κ1) is 13.1. The Kier molecular flexibility index (Phi) is 3.80. The number of carboxylic acid groups (broad SMARTS) is 1. The number of hydrogen-bond donors (Lipinski definition) is 1. The molecule has 1 aromatic heterocycles. The van der Waals surface area contributed by atoms with E-state index in [0.717, 1.165) is 12.2 Å². The van der Waals surface area contributed by atoms with Gasteiger partial charge in [-0.1, -0.05) is 24.3 Å². The van der Waals surface area contributed by atoms with Crippen molar-refractivity contribution in [1.29, 1.82) is 0 Å². The summed E-state index contributed by atoms with van der Waals surface area (Å²) in [7, 11) is 1.94. The topological polar surface area (TPSA) is 53.4 Å². The molecular formula is C15H16N2O2. The molecule has 0 atom stereocenters. The van der Waals surface area contributed by atoms with E-state index in [1.54, 1.807) is 6.07 Å². The number of rotatable bonds is 4. The molecule has 0 fully saturated rings. The predicted octanol–water partition coefficient (Wildman–Crippen LogP) is 2.72. The lowest BCUT2D eigenvalue weighted by atomic mass is 10.1. The predicted molar refractivity (Wildman–Crippen MR) is 74.5 cm³/mol. The summed E-state index contributed by atoms with van der Waals surface area (Å²) >= 11 is 0. The number of aromatic nitrogens is 1. The lowest BCUT2D eigenvalue weighted by Gasteiger charge is -2.20. The van der Waals surface area contributed by atoms with Crippen LogP contribution in [0.3, 0.4) is 0 Å². The fourth-order valence-corrected chi connectivity index (χ4v) is 1.91. The van der Waals surface area contributed by atoms with Crippen molar-refractivity contribution in [3.05, 3.63) is 59.4 Å². The van der Waals surface area contributed by atoms with Crippen LogP contribution in [0, 0.1) is 6.92 Å². The van der Waals surface area contributed by atoms with E-state index in [1.807, 2.05) is 30.1 Å². The van der Waals surface area contributed by atoms with E-state index in [1.165, 1.54) is 17.3 Å². The number of pyridine rings is 1. The van der Waals surface area contributed by atoms with Gasteiger partial charge >= 0.3 is 5.97 Å². The van der Waals surface area contributed by atoms with Gasteiger partial charge in [-0.05, 0) is 30.2 Å². The molecule has 4 nitrogen and oxygen atoms in total. The Morgan fingerprint density at radius 1 is 1.32 bits per heavy atom. The summed E-state index contributed by atoms with van der Waals surface area (Å²) in [6.45, 7) is 2.80. The maximum Gasteiger partial charge on any atom is 0.354 e.